The van der Waals surface area contributed by atoms with Crippen LogP contribution in [0.1, 0.15) is 48.2 Å². The Balaban J connectivity index is 1.22. The quantitative estimate of drug-likeness (QED) is 0.696. The number of anilines is 1. The van der Waals surface area contributed by atoms with Gasteiger partial charge in [-0.15, -0.1) is 0 Å². The zero-order valence-corrected chi connectivity index (χ0v) is 18.4. The molecule has 0 bridgehead atoms. The van der Waals surface area contributed by atoms with Gasteiger partial charge in [0.1, 0.15) is 0 Å². The number of nitrogens with zero attached hydrogens (tertiary/aromatic N) is 2. The van der Waals surface area contributed by atoms with Crippen molar-refractivity contribution in [3.05, 3.63) is 65.2 Å². The summed E-state index contributed by atoms with van der Waals surface area (Å²) in [6, 6.07) is 16.7. The Morgan fingerprint density at radius 3 is 2.53 bits per heavy atom. The molecule has 2 aliphatic heterocycles. The Hall–Kier alpha value is -2.33. The van der Waals surface area contributed by atoms with Gasteiger partial charge >= 0.3 is 0 Å². The molecule has 1 amide bonds. The van der Waals surface area contributed by atoms with Crippen LogP contribution in [0, 0.1) is 11.8 Å². The molecule has 1 N–H and O–H groups in total. The van der Waals surface area contributed by atoms with Crippen LogP contribution in [0.4, 0.5) is 5.69 Å². The number of carbonyl (C=O) groups is 1. The standard InChI is InChI=1S/C26H35N3O/c1-20-16-21(2)18-28(17-20)14-5-13-27-26(30)24-10-8-22(9-11-24)19-29-15-12-23-6-3-4-7-25(23)29/h3-4,6-11,20-21H,5,12-19H2,1-2H3,(H,27,30)/t20-,21-/m1/s1. The fourth-order valence-electron chi connectivity index (χ4n) is 5.13. The van der Waals surface area contributed by atoms with Crippen LogP contribution in [0.25, 0.3) is 0 Å². The normalized spacial score (nSPS) is 21.5. The smallest absolute Gasteiger partial charge is 0.251 e. The van der Waals surface area contributed by atoms with Crippen LogP contribution in [-0.2, 0) is 13.0 Å². The molecule has 0 radical (unpaired) electrons. The zero-order valence-electron chi connectivity index (χ0n) is 18.4. The highest BCUT2D eigenvalue weighted by Gasteiger charge is 2.21. The molecule has 2 atom stereocenters. The number of hydrogen-bond donors (Lipinski definition) is 1. The Kier molecular flexibility index (Phi) is 6.73. The van der Waals surface area contributed by atoms with Gasteiger partial charge in [-0.3, -0.25) is 4.79 Å². The maximum atomic E-state index is 12.5. The number of piperidine rings is 1. The number of rotatable bonds is 7. The van der Waals surface area contributed by atoms with E-state index in [1.807, 2.05) is 12.1 Å². The predicted octanol–water partition coefficient (Wildman–Crippen LogP) is 4.35. The van der Waals surface area contributed by atoms with Crippen molar-refractivity contribution >= 4 is 11.6 Å². The van der Waals surface area contributed by atoms with Crippen LogP contribution < -0.4 is 10.2 Å². The second kappa shape index (κ2) is 9.65. The van der Waals surface area contributed by atoms with E-state index in [1.54, 1.807) is 0 Å². The Morgan fingerprint density at radius 2 is 1.77 bits per heavy atom. The van der Waals surface area contributed by atoms with E-state index in [2.05, 4.69) is 65.4 Å². The molecule has 4 nitrogen and oxygen atoms in total. The van der Waals surface area contributed by atoms with E-state index in [0.717, 1.165) is 56.4 Å². The summed E-state index contributed by atoms with van der Waals surface area (Å²) in [7, 11) is 0. The number of amides is 1. The lowest BCUT2D eigenvalue weighted by atomic mass is 9.92. The predicted molar refractivity (Wildman–Crippen MR) is 124 cm³/mol. The first-order chi connectivity index (χ1) is 14.6. The fraction of sp³-hybridized carbons (Fsp3) is 0.500. The number of likely N-dealkylation sites (tertiary alicyclic amines) is 1. The van der Waals surface area contributed by atoms with E-state index < -0.39 is 0 Å². The molecule has 2 aliphatic rings. The summed E-state index contributed by atoms with van der Waals surface area (Å²) in [4.78, 5) is 17.5. The maximum Gasteiger partial charge on any atom is 0.251 e. The van der Waals surface area contributed by atoms with Gasteiger partial charge in [0.05, 0.1) is 0 Å². The molecule has 160 valence electrons. The Labute approximate surface area is 181 Å². The van der Waals surface area contributed by atoms with Gasteiger partial charge in [-0.1, -0.05) is 44.2 Å². The summed E-state index contributed by atoms with van der Waals surface area (Å²) in [6.45, 7) is 10.9. The van der Waals surface area contributed by atoms with E-state index in [9.17, 15) is 4.79 Å². The molecule has 4 rings (SSSR count). The second-order valence-corrected chi connectivity index (χ2v) is 9.31. The molecule has 1 saturated heterocycles. The van der Waals surface area contributed by atoms with Crippen LogP contribution in [0.3, 0.4) is 0 Å². The summed E-state index contributed by atoms with van der Waals surface area (Å²) in [5, 5.41) is 3.09. The lowest BCUT2D eigenvalue weighted by Gasteiger charge is -2.34. The number of nitrogens with one attached hydrogen (secondary N) is 1. The van der Waals surface area contributed by atoms with Gasteiger partial charge in [0.25, 0.3) is 5.91 Å². The van der Waals surface area contributed by atoms with Gasteiger partial charge in [0, 0.05) is 44.0 Å². The average molecular weight is 406 g/mol. The highest BCUT2D eigenvalue weighted by atomic mass is 16.1. The van der Waals surface area contributed by atoms with E-state index in [-0.39, 0.29) is 5.91 Å². The topological polar surface area (TPSA) is 35.6 Å². The third-order valence-corrected chi connectivity index (χ3v) is 6.45. The number of hydrogen-bond acceptors (Lipinski definition) is 3. The number of benzene rings is 2. The minimum atomic E-state index is 0.0356. The highest BCUT2D eigenvalue weighted by Crippen LogP contribution is 2.28. The zero-order chi connectivity index (χ0) is 20.9. The van der Waals surface area contributed by atoms with E-state index in [0.29, 0.717) is 0 Å². The third-order valence-electron chi connectivity index (χ3n) is 6.45. The van der Waals surface area contributed by atoms with Crippen LogP contribution in [0.5, 0.6) is 0 Å². The third kappa shape index (κ3) is 5.23. The van der Waals surface area contributed by atoms with Crippen molar-refractivity contribution in [2.45, 2.75) is 39.7 Å². The minimum Gasteiger partial charge on any atom is -0.367 e. The summed E-state index contributed by atoms with van der Waals surface area (Å²) in [5.41, 5.74) is 4.77. The molecule has 0 spiro atoms. The van der Waals surface area contributed by atoms with Crippen molar-refractivity contribution in [2.75, 3.05) is 37.6 Å². The average Bonchev–Trinajstić information content (AvgIpc) is 3.14. The van der Waals surface area contributed by atoms with Gasteiger partial charge < -0.3 is 15.1 Å². The maximum absolute atomic E-state index is 12.5. The van der Waals surface area contributed by atoms with E-state index in [4.69, 9.17) is 0 Å². The molecule has 2 aromatic rings. The highest BCUT2D eigenvalue weighted by molar-refractivity contribution is 5.94. The Morgan fingerprint density at radius 1 is 1.03 bits per heavy atom. The van der Waals surface area contributed by atoms with Crippen molar-refractivity contribution in [1.29, 1.82) is 0 Å². The Bertz CT molecular complexity index is 838. The van der Waals surface area contributed by atoms with Gasteiger partial charge in [-0.25, -0.2) is 0 Å². The molecule has 0 saturated carbocycles. The molecule has 4 heteroatoms. The molecular formula is C26H35N3O. The van der Waals surface area contributed by atoms with Crippen LogP contribution >= 0.6 is 0 Å². The van der Waals surface area contributed by atoms with Crippen molar-refractivity contribution in [3.63, 3.8) is 0 Å². The van der Waals surface area contributed by atoms with Gasteiger partial charge in [-0.2, -0.15) is 0 Å². The molecule has 2 heterocycles. The first-order valence-electron chi connectivity index (χ1n) is 11.5. The largest absolute Gasteiger partial charge is 0.367 e. The van der Waals surface area contributed by atoms with E-state index >= 15 is 0 Å². The first kappa shape index (κ1) is 20.9. The molecule has 0 aliphatic carbocycles. The number of fused-ring (bicyclic) bond motifs is 1. The molecular weight excluding hydrogens is 370 g/mol. The summed E-state index contributed by atoms with van der Waals surface area (Å²) in [5.74, 6) is 1.61. The number of para-hydroxylation sites is 1. The van der Waals surface area contributed by atoms with Crippen LogP contribution in [0.2, 0.25) is 0 Å². The van der Waals surface area contributed by atoms with Crippen molar-refractivity contribution < 1.29 is 4.79 Å². The SMILES string of the molecule is C[C@@H]1C[C@@H](C)CN(CCCNC(=O)c2ccc(CN3CCc4ccccc43)cc2)C1. The molecule has 0 unspecified atom stereocenters. The molecule has 2 aromatic carbocycles. The van der Waals surface area contributed by atoms with Gasteiger partial charge in [0.15, 0.2) is 0 Å². The molecule has 0 aromatic heterocycles. The first-order valence-corrected chi connectivity index (χ1v) is 11.5. The summed E-state index contributed by atoms with van der Waals surface area (Å²) >= 11 is 0. The molecule has 30 heavy (non-hydrogen) atoms. The van der Waals surface area contributed by atoms with Crippen molar-refractivity contribution in [3.8, 4) is 0 Å². The van der Waals surface area contributed by atoms with Crippen molar-refractivity contribution in [2.24, 2.45) is 11.8 Å². The fourth-order valence-corrected chi connectivity index (χ4v) is 5.13. The molecule has 1 fully saturated rings. The van der Waals surface area contributed by atoms with Gasteiger partial charge in [0.2, 0.25) is 0 Å². The van der Waals surface area contributed by atoms with Crippen LogP contribution in [0.15, 0.2) is 48.5 Å². The lowest BCUT2D eigenvalue weighted by Crippen LogP contribution is -2.40. The van der Waals surface area contributed by atoms with Gasteiger partial charge in [-0.05, 0) is 67.0 Å². The summed E-state index contributed by atoms with van der Waals surface area (Å²) < 4.78 is 0. The minimum absolute atomic E-state index is 0.0356. The lowest BCUT2D eigenvalue weighted by molar-refractivity contribution is 0.0947. The van der Waals surface area contributed by atoms with E-state index in [1.165, 1.54) is 36.3 Å². The van der Waals surface area contributed by atoms with Crippen molar-refractivity contribution in [1.82, 2.24) is 10.2 Å². The number of carbonyl (C=O) groups excluding carboxylic acids is 1. The van der Waals surface area contributed by atoms with Crippen LogP contribution in [-0.4, -0.2) is 43.5 Å². The summed E-state index contributed by atoms with van der Waals surface area (Å²) in [6.07, 6.45) is 3.47. The monoisotopic (exact) mass is 405 g/mol. The second-order valence-electron chi connectivity index (χ2n) is 9.31.